The molecule has 144 valence electrons. The van der Waals surface area contributed by atoms with E-state index in [4.69, 9.17) is 0 Å². The first kappa shape index (κ1) is 18.6. The van der Waals surface area contributed by atoms with Gasteiger partial charge in [-0.3, -0.25) is 14.3 Å². The summed E-state index contributed by atoms with van der Waals surface area (Å²) >= 11 is 1.78. The zero-order chi connectivity index (χ0) is 19.7. The van der Waals surface area contributed by atoms with Crippen molar-refractivity contribution in [1.29, 1.82) is 0 Å². The standard InChI is InChI=1S/C21H22N4O2S/c1-14-8-10-25(11-9-15-6-4-3-5-7-15)21(27)18(14)20(26)22-19-16-12-28-13-17(16)23-24(19)2/h3-8,10H,9,11-13H2,1-2H3,(H,22,26). The Hall–Kier alpha value is -2.80. The van der Waals surface area contributed by atoms with Crippen LogP contribution in [0, 0.1) is 6.92 Å². The summed E-state index contributed by atoms with van der Waals surface area (Å²) < 4.78 is 3.30. The minimum atomic E-state index is -0.376. The molecule has 6 nitrogen and oxygen atoms in total. The fraction of sp³-hybridized carbons (Fsp3) is 0.286. The number of nitrogens with one attached hydrogen (secondary N) is 1. The molecule has 0 atom stereocenters. The number of anilines is 1. The van der Waals surface area contributed by atoms with Crippen LogP contribution in [-0.2, 0) is 31.5 Å². The maximum Gasteiger partial charge on any atom is 0.263 e. The number of amides is 1. The molecule has 0 radical (unpaired) electrons. The van der Waals surface area contributed by atoms with E-state index in [1.165, 1.54) is 0 Å². The van der Waals surface area contributed by atoms with Gasteiger partial charge in [0.1, 0.15) is 11.4 Å². The first-order valence-corrected chi connectivity index (χ1v) is 10.4. The number of carbonyl (C=O) groups excluding carboxylic acids is 1. The lowest BCUT2D eigenvalue weighted by Crippen LogP contribution is -2.31. The molecular weight excluding hydrogens is 372 g/mol. The number of hydrogen-bond acceptors (Lipinski definition) is 4. The third-order valence-corrected chi connectivity index (χ3v) is 6.00. The van der Waals surface area contributed by atoms with Crippen molar-refractivity contribution >= 4 is 23.5 Å². The van der Waals surface area contributed by atoms with Gasteiger partial charge in [0.25, 0.3) is 11.5 Å². The highest BCUT2D eigenvalue weighted by molar-refractivity contribution is 7.98. The Morgan fingerprint density at radius 3 is 2.79 bits per heavy atom. The first-order valence-electron chi connectivity index (χ1n) is 9.22. The molecule has 2 aromatic heterocycles. The number of benzene rings is 1. The molecule has 4 rings (SSSR count). The van der Waals surface area contributed by atoms with E-state index >= 15 is 0 Å². The van der Waals surface area contributed by atoms with Crippen molar-refractivity contribution < 1.29 is 4.79 Å². The molecule has 28 heavy (non-hydrogen) atoms. The summed E-state index contributed by atoms with van der Waals surface area (Å²) in [5.74, 6) is 1.99. The number of fused-ring (bicyclic) bond motifs is 1. The van der Waals surface area contributed by atoms with Crippen molar-refractivity contribution in [2.24, 2.45) is 7.05 Å². The average Bonchev–Trinajstić information content (AvgIpc) is 3.24. The highest BCUT2D eigenvalue weighted by Gasteiger charge is 2.24. The third-order valence-electron chi connectivity index (χ3n) is 5.03. The SMILES string of the molecule is Cc1ccn(CCc2ccccc2)c(=O)c1C(=O)Nc1c2c(nn1C)CSC2. The molecule has 7 heteroatoms. The predicted molar refractivity (Wildman–Crippen MR) is 112 cm³/mol. The predicted octanol–water partition coefficient (Wildman–Crippen LogP) is 3.13. The second-order valence-electron chi connectivity index (χ2n) is 6.95. The normalized spacial score (nSPS) is 12.8. The van der Waals surface area contributed by atoms with E-state index in [0.29, 0.717) is 17.9 Å². The lowest BCUT2D eigenvalue weighted by atomic mass is 10.1. The van der Waals surface area contributed by atoms with Crippen LogP contribution in [0.1, 0.15) is 32.7 Å². The first-order chi connectivity index (χ1) is 13.5. The van der Waals surface area contributed by atoms with Crippen molar-refractivity contribution in [3.05, 3.63) is 80.9 Å². The number of thioether (sulfide) groups is 1. The molecule has 0 saturated heterocycles. The van der Waals surface area contributed by atoms with Crippen LogP contribution in [0.3, 0.4) is 0 Å². The number of aromatic nitrogens is 3. The fourth-order valence-electron chi connectivity index (χ4n) is 3.48. The van der Waals surface area contributed by atoms with Gasteiger partial charge in [0.2, 0.25) is 0 Å². The van der Waals surface area contributed by atoms with E-state index in [0.717, 1.165) is 34.7 Å². The summed E-state index contributed by atoms with van der Waals surface area (Å²) in [5, 5.41) is 7.39. The van der Waals surface area contributed by atoms with Gasteiger partial charge in [0, 0.05) is 36.9 Å². The van der Waals surface area contributed by atoms with E-state index < -0.39 is 0 Å². The van der Waals surface area contributed by atoms with Crippen LogP contribution < -0.4 is 10.9 Å². The van der Waals surface area contributed by atoms with Crippen molar-refractivity contribution in [1.82, 2.24) is 14.3 Å². The van der Waals surface area contributed by atoms with E-state index in [9.17, 15) is 9.59 Å². The summed E-state index contributed by atoms with van der Waals surface area (Å²) in [7, 11) is 1.81. The third kappa shape index (κ3) is 3.49. The van der Waals surface area contributed by atoms with Gasteiger partial charge in [-0.05, 0) is 30.5 Å². The molecule has 3 heterocycles. The smallest absolute Gasteiger partial charge is 0.263 e. The Balaban J connectivity index is 1.59. The largest absolute Gasteiger partial charge is 0.315 e. The van der Waals surface area contributed by atoms with Crippen molar-refractivity contribution in [3.8, 4) is 0 Å². The highest BCUT2D eigenvalue weighted by atomic mass is 32.2. The van der Waals surface area contributed by atoms with Gasteiger partial charge in [-0.15, -0.1) is 0 Å². The topological polar surface area (TPSA) is 68.9 Å². The Kier molecular flexibility index (Phi) is 5.09. The quantitative estimate of drug-likeness (QED) is 0.722. The molecule has 1 aliphatic rings. The number of aryl methyl sites for hydroxylation is 4. The minimum Gasteiger partial charge on any atom is -0.315 e. The van der Waals surface area contributed by atoms with Crippen molar-refractivity contribution in [3.63, 3.8) is 0 Å². The Morgan fingerprint density at radius 2 is 2.00 bits per heavy atom. The second kappa shape index (κ2) is 7.67. The minimum absolute atomic E-state index is 0.191. The summed E-state index contributed by atoms with van der Waals surface area (Å²) in [4.78, 5) is 25.9. The van der Waals surface area contributed by atoms with Crippen LogP contribution in [0.2, 0.25) is 0 Å². The molecule has 3 aromatic rings. The second-order valence-corrected chi connectivity index (χ2v) is 7.94. The molecular formula is C21H22N4O2S. The fourth-order valence-corrected chi connectivity index (χ4v) is 4.51. The zero-order valence-electron chi connectivity index (χ0n) is 15.9. The molecule has 0 aliphatic carbocycles. The van der Waals surface area contributed by atoms with Gasteiger partial charge < -0.3 is 9.88 Å². The molecule has 1 aliphatic heterocycles. The van der Waals surface area contributed by atoms with Gasteiger partial charge in [-0.1, -0.05) is 30.3 Å². The Bertz CT molecular complexity index is 1090. The van der Waals surface area contributed by atoms with Crippen molar-refractivity contribution in [2.45, 2.75) is 31.4 Å². The maximum absolute atomic E-state index is 13.0. The van der Waals surface area contributed by atoms with Gasteiger partial charge in [0.05, 0.1) is 5.69 Å². The van der Waals surface area contributed by atoms with E-state index in [-0.39, 0.29) is 17.0 Å². The van der Waals surface area contributed by atoms with Crippen LogP contribution in [0.5, 0.6) is 0 Å². The lowest BCUT2D eigenvalue weighted by molar-refractivity contribution is 0.102. The molecule has 0 saturated carbocycles. The van der Waals surface area contributed by atoms with Crippen LogP contribution in [-0.4, -0.2) is 20.3 Å². The number of pyridine rings is 1. The lowest BCUT2D eigenvalue weighted by Gasteiger charge is -2.12. The van der Waals surface area contributed by atoms with Crippen LogP contribution in [0.25, 0.3) is 0 Å². The summed E-state index contributed by atoms with van der Waals surface area (Å²) in [6, 6.07) is 11.8. The molecule has 1 aromatic carbocycles. The number of hydrogen-bond donors (Lipinski definition) is 1. The number of nitrogens with zero attached hydrogens (tertiary/aromatic N) is 3. The molecule has 0 bridgehead atoms. The zero-order valence-corrected chi connectivity index (χ0v) is 16.8. The van der Waals surface area contributed by atoms with Crippen LogP contribution in [0.15, 0.2) is 47.4 Å². The van der Waals surface area contributed by atoms with Crippen LogP contribution >= 0.6 is 11.8 Å². The van der Waals surface area contributed by atoms with Gasteiger partial charge in [-0.25, -0.2) is 0 Å². The van der Waals surface area contributed by atoms with Crippen LogP contribution in [0.4, 0.5) is 5.82 Å². The average molecular weight is 395 g/mol. The monoisotopic (exact) mass is 394 g/mol. The van der Waals surface area contributed by atoms with Crippen molar-refractivity contribution in [2.75, 3.05) is 5.32 Å². The Labute approximate surface area is 167 Å². The Morgan fingerprint density at radius 1 is 1.21 bits per heavy atom. The van der Waals surface area contributed by atoms with Gasteiger partial charge in [-0.2, -0.15) is 16.9 Å². The highest BCUT2D eigenvalue weighted by Crippen LogP contribution is 2.34. The summed E-state index contributed by atoms with van der Waals surface area (Å²) in [6.45, 7) is 2.32. The van der Waals surface area contributed by atoms with E-state index in [1.54, 1.807) is 34.1 Å². The molecule has 0 spiro atoms. The van der Waals surface area contributed by atoms with E-state index in [1.807, 2.05) is 43.4 Å². The maximum atomic E-state index is 13.0. The molecule has 0 unspecified atom stereocenters. The van der Waals surface area contributed by atoms with Gasteiger partial charge in [0.15, 0.2) is 0 Å². The number of carbonyl (C=O) groups is 1. The molecule has 0 fully saturated rings. The van der Waals surface area contributed by atoms with E-state index in [2.05, 4.69) is 10.4 Å². The number of rotatable bonds is 5. The molecule has 1 amide bonds. The summed E-state index contributed by atoms with van der Waals surface area (Å²) in [6.07, 6.45) is 2.49. The summed E-state index contributed by atoms with van der Waals surface area (Å²) in [5.41, 5.74) is 3.82. The van der Waals surface area contributed by atoms with Gasteiger partial charge >= 0.3 is 0 Å². The molecule has 1 N–H and O–H groups in total.